The number of nitrogens with one attached hydrogen (secondary N) is 2. The Labute approximate surface area is 112 Å². The number of amides is 2. The third-order valence-corrected chi connectivity index (χ3v) is 3.09. The van der Waals surface area contributed by atoms with E-state index >= 15 is 0 Å². The lowest BCUT2D eigenvalue weighted by Crippen LogP contribution is -2.49. The summed E-state index contributed by atoms with van der Waals surface area (Å²) in [6.45, 7) is 5.66. The average molecular weight is 271 g/mol. The van der Waals surface area contributed by atoms with Gasteiger partial charge in [-0.25, -0.2) is 0 Å². The molecule has 1 fully saturated rings. The SMILES string of the molecule is CC(C)(CC(=O)NCC(=O)N1CCNCC1)C(=O)O. The molecular formula is C12H21N3O4. The summed E-state index contributed by atoms with van der Waals surface area (Å²) in [6.07, 6.45) is -0.142. The van der Waals surface area contributed by atoms with Gasteiger partial charge in [0.1, 0.15) is 0 Å². The zero-order valence-corrected chi connectivity index (χ0v) is 11.4. The van der Waals surface area contributed by atoms with Crippen LogP contribution in [0, 0.1) is 5.41 Å². The third kappa shape index (κ3) is 4.86. The molecule has 0 unspecified atom stereocenters. The van der Waals surface area contributed by atoms with Crippen molar-refractivity contribution >= 4 is 17.8 Å². The maximum atomic E-state index is 11.8. The number of rotatable bonds is 5. The Kier molecular flexibility index (Phi) is 5.29. The lowest BCUT2D eigenvalue weighted by molar-refractivity contribution is -0.149. The fourth-order valence-electron chi connectivity index (χ4n) is 1.74. The molecule has 1 saturated heterocycles. The van der Waals surface area contributed by atoms with Crippen LogP contribution < -0.4 is 10.6 Å². The Hall–Kier alpha value is -1.63. The second-order valence-corrected chi connectivity index (χ2v) is 5.27. The Bertz CT molecular complexity index is 362. The molecule has 2 amide bonds. The monoisotopic (exact) mass is 271 g/mol. The molecule has 0 radical (unpaired) electrons. The minimum atomic E-state index is -1.12. The zero-order valence-electron chi connectivity index (χ0n) is 11.4. The first kappa shape index (κ1) is 15.4. The highest BCUT2D eigenvalue weighted by Gasteiger charge is 2.30. The third-order valence-electron chi connectivity index (χ3n) is 3.09. The van der Waals surface area contributed by atoms with Gasteiger partial charge in [-0.05, 0) is 13.8 Å². The molecule has 0 aromatic rings. The molecule has 7 nitrogen and oxygen atoms in total. The van der Waals surface area contributed by atoms with Crippen molar-refractivity contribution in [3.63, 3.8) is 0 Å². The van der Waals surface area contributed by atoms with Crippen LogP contribution in [0.4, 0.5) is 0 Å². The molecule has 0 aromatic heterocycles. The van der Waals surface area contributed by atoms with Gasteiger partial charge in [0.25, 0.3) is 0 Å². The van der Waals surface area contributed by atoms with Crippen LogP contribution in [0.2, 0.25) is 0 Å². The number of piperazine rings is 1. The summed E-state index contributed by atoms with van der Waals surface area (Å²) in [5.41, 5.74) is -1.12. The van der Waals surface area contributed by atoms with Crippen molar-refractivity contribution in [1.82, 2.24) is 15.5 Å². The molecule has 0 aliphatic carbocycles. The average Bonchev–Trinajstić information content (AvgIpc) is 2.36. The van der Waals surface area contributed by atoms with Gasteiger partial charge in [0.2, 0.25) is 11.8 Å². The van der Waals surface area contributed by atoms with Crippen molar-refractivity contribution in [3.05, 3.63) is 0 Å². The largest absolute Gasteiger partial charge is 0.481 e. The Morgan fingerprint density at radius 2 is 1.84 bits per heavy atom. The smallest absolute Gasteiger partial charge is 0.309 e. The summed E-state index contributed by atoms with van der Waals surface area (Å²) in [4.78, 5) is 35.9. The summed E-state index contributed by atoms with van der Waals surface area (Å²) >= 11 is 0. The lowest BCUT2D eigenvalue weighted by atomic mass is 9.89. The molecule has 0 saturated carbocycles. The first-order chi connectivity index (χ1) is 8.83. The molecule has 0 spiro atoms. The highest BCUT2D eigenvalue weighted by molar-refractivity contribution is 5.88. The molecule has 1 aliphatic rings. The number of hydrogen-bond donors (Lipinski definition) is 3. The normalized spacial score (nSPS) is 16.0. The van der Waals surface area contributed by atoms with Gasteiger partial charge in [0.15, 0.2) is 0 Å². The second-order valence-electron chi connectivity index (χ2n) is 5.27. The number of aliphatic carboxylic acids is 1. The first-order valence-electron chi connectivity index (χ1n) is 6.31. The number of carboxylic acid groups (broad SMARTS) is 1. The Morgan fingerprint density at radius 1 is 1.26 bits per heavy atom. The summed E-state index contributed by atoms with van der Waals surface area (Å²) < 4.78 is 0. The lowest BCUT2D eigenvalue weighted by Gasteiger charge is -2.27. The topological polar surface area (TPSA) is 98.7 Å². The molecule has 0 aromatic carbocycles. The zero-order chi connectivity index (χ0) is 14.5. The highest BCUT2D eigenvalue weighted by Crippen LogP contribution is 2.19. The fraction of sp³-hybridized carbons (Fsp3) is 0.750. The quantitative estimate of drug-likeness (QED) is 0.598. The number of carbonyl (C=O) groups excluding carboxylic acids is 2. The van der Waals surface area contributed by atoms with Gasteiger partial charge in [-0.1, -0.05) is 0 Å². The van der Waals surface area contributed by atoms with Gasteiger partial charge in [0, 0.05) is 32.6 Å². The summed E-state index contributed by atoms with van der Waals surface area (Å²) in [6, 6.07) is 0. The highest BCUT2D eigenvalue weighted by atomic mass is 16.4. The van der Waals surface area contributed by atoms with Crippen molar-refractivity contribution in [2.24, 2.45) is 5.41 Å². The molecule has 0 atom stereocenters. The summed E-state index contributed by atoms with van der Waals surface area (Å²) in [7, 11) is 0. The number of carboxylic acids is 1. The van der Waals surface area contributed by atoms with Crippen LogP contribution in [0.1, 0.15) is 20.3 Å². The van der Waals surface area contributed by atoms with E-state index in [0.29, 0.717) is 13.1 Å². The number of carbonyl (C=O) groups is 3. The maximum Gasteiger partial charge on any atom is 0.309 e. The molecule has 1 aliphatic heterocycles. The van der Waals surface area contributed by atoms with E-state index in [1.165, 1.54) is 13.8 Å². The summed E-state index contributed by atoms with van der Waals surface area (Å²) in [5.74, 6) is -1.59. The molecular weight excluding hydrogens is 250 g/mol. The number of nitrogens with zero attached hydrogens (tertiary/aromatic N) is 1. The van der Waals surface area contributed by atoms with Gasteiger partial charge in [0.05, 0.1) is 12.0 Å². The summed E-state index contributed by atoms with van der Waals surface area (Å²) in [5, 5.41) is 14.5. The van der Waals surface area contributed by atoms with E-state index in [0.717, 1.165) is 13.1 Å². The Morgan fingerprint density at radius 3 is 2.37 bits per heavy atom. The predicted molar refractivity (Wildman–Crippen MR) is 68.5 cm³/mol. The van der Waals surface area contributed by atoms with Crippen molar-refractivity contribution in [2.45, 2.75) is 20.3 Å². The van der Waals surface area contributed by atoms with E-state index in [2.05, 4.69) is 10.6 Å². The van der Waals surface area contributed by atoms with Gasteiger partial charge < -0.3 is 20.6 Å². The molecule has 1 rings (SSSR count). The molecule has 108 valence electrons. The molecule has 7 heteroatoms. The van der Waals surface area contributed by atoms with Gasteiger partial charge in [-0.15, -0.1) is 0 Å². The minimum Gasteiger partial charge on any atom is -0.481 e. The molecule has 0 bridgehead atoms. The van der Waals surface area contributed by atoms with Crippen LogP contribution in [0.25, 0.3) is 0 Å². The molecule has 1 heterocycles. The van der Waals surface area contributed by atoms with E-state index in [9.17, 15) is 14.4 Å². The second kappa shape index (κ2) is 6.51. The predicted octanol–water partition coefficient (Wildman–Crippen LogP) is -0.965. The van der Waals surface area contributed by atoms with Crippen LogP contribution in [0.3, 0.4) is 0 Å². The Balaban J connectivity index is 2.33. The van der Waals surface area contributed by atoms with E-state index in [1.807, 2.05) is 0 Å². The first-order valence-corrected chi connectivity index (χ1v) is 6.31. The van der Waals surface area contributed by atoms with Crippen LogP contribution in [-0.2, 0) is 14.4 Å². The number of hydrogen-bond acceptors (Lipinski definition) is 4. The van der Waals surface area contributed by atoms with Crippen LogP contribution >= 0.6 is 0 Å². The van der Waals surface area contributed by atoms with Gasteiger partial charge >= 0.3 is 5.97 Å². The van der Waals surface area contributed by atoms with Crippen LogP contribution in [0.5, 0.6) is 0 Å². The van der Waals surface area contributed by atoms with Crippen molar-refractivity contribution in [3.8, 4) is 0 Å². The van der Waals surface area contributed by atoms with E-state index in [-0.39, 0.29) is 18.9 Å². The van der Waals surface area contributed by atoms with Crippen molar-refractivity contribution in [1.29, 1.82) is 0 Å². The van der Waals surface area contributed by atoms with Crippen molar-refractivity contribution < 1.29 is 19.5 Å². The van der Waals surface area contributed by atoms with Crippen LogP contribution in [0.15, 0.2) is 0 Å². The van der Waals surface area contributed by atoms with E-state index < -0.39 is 17.3 Å². The van der Waals surface area contributed by atoms with Gasteiger partial charge in [-0.3, -0.25) is 14.4 Å². The fourth-order valence-corrected chi connectivity index (χ4v) is 1.74. The van der Waals surface area contributed by atoms with E-state index in [1.54, 1.807) is 4.90 Å². The van der Waals surface area contributed by atoms with Crippen molar-refractivity contribution in [2.75, 3.05) is 32.7 Å². The standard InChI is InChI=1S/C12H21N3O4/c1-12(2,11(18)19)7-9(16)14-8-10(17)15-5-3-13-4-6-15/h13H,3-8H2,1-2H3,(H,14,16)(H,18,19). The maximum absolute atomic E-state index is 11.8. The minimum absolute atomic E-state index is 0.0749. The van der Waals surface area contributed by atoms with Crippen LogP contribution in [-0.4, -0.2) is 60.5 Å². The van der Waals surface area contributed by atoms with Gasteiger partial charge in [-0.2, -0.15) is 0 Å². The molecule has 19 heavy (non-hydrogen) atoms. The molecule has 3 N–H and O–H groups in total. The van der Waals surface area contributed by atoms with E-state index in [4.69, 9.17) is 5.11 Å².